The van der Waals surface area contributed by atoms with Crippen molar-refractivity contribution in [2.45, 2.75) is 82.3 Å². The fourth-order valence-electron chi connectivity index (χ4n) is 4.19. The summed E-state index contributed by atoms with van der Waals surface area (Å²) in [7, 11) is 2.25. The number of rotatable bonds is 5. The van der Waals surface area contributed by atoms with Gasteiger partial charge in [-0.15, -0.1) is 0 Å². The number of likely N-dealkylation sites (N-methyl/N-ethyl adjacent to an activating group) is 1. The maximum absolute atomic E-state index is 12.0. The molecule has 0 aromatic rings. The average molecular weight is 281 g/mol. The summed E-state index contributed by atoms with van der Waals surface area (Å²) < 4.78 is 0. The van der Waals surface area contributed by atoms with Crippen molar-refractivity contribution in [3.05, 3.63) is 0 Å². The fourth-order valence-corrected chi connectivity index (χ4v) is 4.19. The number of nitrogens with two attached hydrogens (primary N) is 1. The molecule has 0 aliphatic heterocycles. The van der Waals surface area contributed by atoms with E-state index in [9.17, 15) is 4.79 Å². The molecule has 4 heteroatoms. The Bertz CT molecular complexity index is 324. The molecule has 2 saturated carbocycles. The number of nitrogens with zero attached hydrogens (tertiary/aromatic N) is 1. The summed E-state index contributed by atoms with van der Waals surface area (Å²) in [6, 6.07) is 1.21. The minimum atomic E-state index is -0.472. The van der Waals surface area contributed by atoms with Crippen LogP contribution < -0.4 is 11.1 Å². The van der Waals surface area contributed by atoms with Gasteiger partial charge in [-0.2, -0.15) is 0 Å². The number of amides is 1. The van der Waals surface area contributed by atoms with Crippen LogP contribution in [0, 0.1) is 0 Å². The number of hydrogen-bond acceptors (Lipinski definition) is 3. The van der Waals surface area contributed by atoms with Crippen molar-refractivity contribution in [3.8, 4) is 0 Å². The van der Waals surface area contributed by atoms with Crippen LogP contribution in [0.2, 0.25) is 0 Å². The molecule has 4 nitrogen and oxygen atoms in total. The first-order chi connectivity index (χ1) is 9.59. The lowest BCUT2D eigenvalue weighted by Crippen LogP contribution is -2.61. The van der Waals surface area contributed by atoms with E-state index in [0.29, 0.717) is 12.1 Å². The smallest absolute Gasteiger partial charge is 0.237 e. The molecule has 3 N–H and O–H groups in total. The first-order valence-corrected chi connectivity index (χ1v) is 8.36. The number of carbonyl (C=O) groups is 1. The topological polar surface area (TPSA) is 58.4 Å². The number of nitrogens with one attached hydrogen (secondary N) is 1. The van der Waals surface area contributed by atoms with Gasteiger partial charge in [0.25, 0.3) is 0 Å². The summed E-state index contributed by atoms with van der Waals surface area (Å²) in [5.74, 6) is -0.166. The van der Waals surface area contributed by atoms with Crippen LogP contribution >= 0.6 is 0 Å². The van der Waals surface area contributed by atoms with Gasteiger partial charge in [0.05, 0.1) is 5.54 Å². The van der Waals surface area contributed by atoms with Crippen molar-refractivity contribution >= 4 is 5.91 Å². The molecule has 2 rings (SSSR count). The quantitative estimate of drug-likeness (QED) is 0.810. The van der Waals surface area contributed by atoms with Gasteiger partial charge in [-0.1, -0.05) is 26.2 Å². The van der Waals surface area contributed by atoms with Gasteiger partial charge in [-0.3, -0.25) is 4.79 Å². The monoisotopic (exact) mass is 281 g/mol. The molecular formula is C16H31N3O. The van der Waals surface area contributed by atoms with Gasteiger partial charge in [-0.25, -0.2) is 0 Å². The second-order valence-electron chi connectivity index (χ2n) is 6.68. The normalized spacial score (nSPS) is 32.5. The van der Waals surface area contributed by atoms with Crippen molar-refractivity contribution in [1.29, 1.82) is 0 Å². The summed E-state index contributed by atoms with van der Waals surface area (Å²) in [4.78, 5) is 14.5. The maximum atomic E-state index is 12.0. The summed E-state index contributed by atoms with van der Waals surface area (Å²) in [6.07, 6.45) is 10.8. The van der Waals surface area contributed by atoms with Crippen LogP contribution in [-0.2, 0) is 4.79 Å². The molecule has 0 aromatic heterocycles. The lowest BCUT2D eigenvalue weighted by molar-refractivity contribution is -0.126. The predicted molar refractivity (Wildman–Crippen MR) is 82.5 cm³/mol. The van der Waals surface area contributed by atoms with Gasteiger partial charge in [0.2, 0.25) is 5.91 Å². The number of hydrogen-bond donors (Lipinski definition) is 2. The first-order valence-electron chi connectivity index (χ1n) is 8.36. The zero-order valence-corrected chi connectivity index (χ0v) is 13.2. The molecule has 2 aliphatic carbocycles. The Morgan fingerprint density at radius 3 is 2.45 bits per heavy atom. The molecule has 2 fully saturated rings. The molecule has 2 unspecified atom stereocenters. The van der Waals surface area contributed by atoms with E-state index in [1.807, 2.05) is 0 Å². The van der Waals surface area contributed by atoms with Gasteiger partial charge in [0, 0.05) is 12.1 Å². The predicted octanol–water partition coefficient (Wildman–Crippen LogP) is 2.03. The van der Waals surface area contributed by atoms with Crippen LogP contribution in [0.4, 0.5) is 0 Å². The highest BCUT2D eigenvalue weighted by Gasteiger charge is 2.42. The molecule has 2 aliphatic rings. The highest BCUT2D eigenvalue weighted by Crippen LogP contribution is 2.33. The van der Waals surface area contributed by atoms with Gasteiger partial charge in [0.1, 0.15) is 0 Å². The van der Waals surface area contributed by atoms with E-state index >= 15 is 0 Å². The Labute approximate surface area is 123 Å². The van der Waals surface area contributed by atoms with Crippen LogP contribution in [-0.4, -0.2) is 42.0 Å². The molecule has 0 spiro atoms. The molecule has 0 aromatic carbocycles. The SMILES string of the molecule is CCNC1(C(N)=O)CCCC(N(C)C2CCCCC2)C1. The van der Waals surface area contributed by atoms with Crippen LogP contribution in [0.3, 0.4) is 0 Å². The minimum Gasteiger partial charge on any atom is -0.368 e. The fraction of sp³-hybridized carbons (Fsp3) is 0.938. The van der Waals surface area contributed by atoms with E-state index in [4.69, 9.17) is 5.73 Å². The van der Waals surface area contributed by atoms with E-state index < -0.39 is 5.54 Å². The van der Waals surface area contributed by atoms with E-state index in [2.05, 4.69) is 24.2 Å². The van der Waals surface area contributed by atoms with Crippen molar-refractivity contribution < 1.29 is 4.79 Å². The van der Waals surface area contributed by atoms with Crippen molar-refractivity contribution in [3.63, 3.8) is 0 Å². The molecule has 0 bridgehead atoms. The third-order valence-electron chi connectivity index (χ3n) is 5.44. The molecule has 0 radical (unpaired) electrons. The average Bonchev–Trinajstić information content (AvgIpc) is 2.48. The molecule has 1 amide bonds. The van der Waals surface area contributed by atoms with Gasteiger partial charge >= 0.3 is 0 Å². The maximum Gasteiger partial charge on any atom is 0.237 e. The second-order valence-corrected chi connectivity index (χ2v) is 6.68. The zero-order chi connectivity index (χ0) is 14.6. The molecule has 0 heterocycles. The molecular weight excluding hydrogens is 250 g/mol. The third kappa shape index (κ3) is 3.34. The Balaban J connectivity index is 2.02. The number of primary amides is 1. The van der Waals surface area contributed by atoms with E-state index in [0.717, 1.165) is 25.8 Å². The molecule has 116 valence electrons. The van der Waals surface area contributed by atoms with Crippen molar-refractivity contribution in [2.24, 2.45) is 5.73 Å². The second kappa shape index (κ2) is 6.90. The van der Waals surface area contributed by atoms with Gasteiger partial charge in [-0.05, 0) is 52.1 Å². The van der Waals surface area contributed by atoms with E-state index in [1.54, 1.807) is 0 Å². The van der Waals surface area contributed by atoms with Gasteiger partial charge < -0.3 is 16.0 Å². The molecule has 0 saturated heterocycles. The van der Waals surface area contributed by atoms with E-state index in [1.165, 1.54) is 38.5 Å². The molecule has 20 heavy (non-hydrogen) atoms. The molecule has 2 atom stereocenters. The summed E-state index contributed by atoms with van der Waals surface area (Å²) in [6.45, 7) is 2.86. The minimum absolute atomic E-state index is 0.166. The Kier molecular flexibility index (Phi) is 5.44. The Morgan fingerprint density at radius 1 is 1.20 bits per heavy atom. The van der Waals surface area contributed by atoms with Crippen LogP contribution in [0.15, 0.2) is 0 Å². The van der Waals surface area contributed by atoms with Crippen molar-refractivity contribution in [1.82, 2.24) is 10.2 Å². The lowest BCUT2D eigenvalue weighted by Gasteiger charge is -2.45. The van der Waals surface area contributed by atoms with Crippen LogP contribution in [0.25, 0.3) is 0 Å². The summed E-state index contributed by atoms with van der Waals surface area (Å²) >= 11 is 0. The number of carbonyl (C=O) groups excluding carboxylic acids is 1. The third-order valence-corrected chi connectivity index (χ3v) is 5.44. The summed E-state index contributed by atoms with van der Waals surface area (Å²) in [5, 5.41) is 3.38. The van der Waals surface area contributed by atoms with E-state index in [-0.39, 0.29) is 5.91 Å². The Hall–Kier alpha value is -0.610. The van der Waals surface area contributed by atoms with Crippen molar-refractivity contribution in [2.75, 3.05) is 13.6 Å². The summed E-state index contributed by atoms with van der Waals surface area (Å²) in [5.41, 5.74) is 5.24. The highest BCUT2D eigenvalue weighted by molar-refractivity contribution is 5.84. The largest absolute Gasteiger partial charge is 0.368 e. The van der Waals surface area contributed by atoms with Crippen LogP contribution in [0.5, 0.6) is 0 Å². The first kappa shape index (κ1) is 15.8. The zero-order valence-electron chi connectivity index (χ0n) is 13.2. The van der Waals surface area contributed by atoms with Gasteiger partial charge in [0.15, 0.2) is 0 Å². The standard InChI is InChI=1S/C16H31N3O/c1-3-18-16(15(17)20)11-7-10-14(12-16)19(2)13-8-5-4-6-9-13/h13-14,18H,3-12H2,1-2H3,(H2,17,20). The Morgan fingerprint density at radius 2 is 1.85 bits per heavy atom. The van der Waals surface area contributed by atoms with Crippen LogP contribution in [0.1, 0.15) is 64.7 Å². The lowest BCUT2D eigenvalue weighted by atomic mass is 9.77. The highest BCUT2D eigenvalue weighted by atomic mass is 16.1.